The van der Waals surface area contributed by atoms with Crippen LogP contribution >= 0.6 is 0 Å². The molecule has 3 heterocycles. The second-order valence-corrected chi connectivity index (χ2v) is 8.01. The minimum atomic E-state index is -0.724. The average molecular weight is 384 g/mol. The van der Waals surface area contributed by atoms with Gasteiger partial charge in [-0.15, -0.1) is 0 Å². The second kappa shape index (κ2) is 7.68. The van der Waals surface area contributed by atoms with Gasteiger partial charge in [0.25, 0.3) is 5.91 Å². The van der Waals surface area contributed by atoms with E-state index in [1.807, 2.05) is 29.2 Å². The molecule has 6 nitrogen and oxygen atoms in total. The van der Waals surface area contributed by atoms with Gasteiger partial charge in [0.05, 0.1) is 23.8 Å². The van der Waals surface area contributed by atoms with Crippen LogP contribution in [0.15, 0.2) is 30.3 Å². The molecule has 2 saturated heterocycles. The number of carbonyl (C=O) groups is 1. The van der Waals surface area contributed by atoms with Gasteiger partial charge in [0.2, 0.25) is 5.88 Å². The molecule has 0 bridgehead atoms. The third-order valence-electron chi connectivity index (χ3n) is 6.48. The lowest BCUT2D eigenvalue weighted by Gasteiger charge is -2.48. The SMILES string of the molecule is COc1cc(C(=O)N2CC[C@@](O)(C3CCOCC3)[C@H](C)C2)c2ccccc2n1. The summed E-state index contributed by atoms with van der Waals surface area (Å²) in [6.45, 7) is 4.58. The summed E-state index contributed by atoms with van der Waals surface area (Å²) in [7, 11) is 1.56. The van der Waals surface area contributed by atoms with E-state index in [4.69, 9.17) is 9.47 Å². The molecule has 1 N–H and O–H groups in total. The van der Waals surface area contributed by atoms with Crippen LogP contribution in [-0.2, 0) is 4.74 Å². The maximum absolute atomic E-state index is 13.4. The summed E-state index contributed by atoms with van der Waals surface area (Å²) < 4.78 is 10.8. The average Bonchev–Trinajstić information content (AvgIpc) is 2.75. The topological polar surface area (TPSA) is 71.9 Å². The van der Waals surface area contributed by atoms with E-state index in [9.17, 15) is 9.90 Å². The van der Waals surface area contributed by atoms with Crippen LogP contribution in [0.25, 0.3) is 10.9 Å². The van der Waals surface area contributed by atoms with Gasteiger partial charge in [-0.25, -0.2) is 4.98 Å². The molecule has 2 atom stereocenters. The summed E-state index contributed by atoms with van der Waals surface area (Å²) in [5.74, 6) is 0.669. The van der Waals surface area contributed by atoms with E-state index >= 15 is 0 Å². The predicted octanol–water partition coefficient (Wildman–Crippen LogP) is 2.88. The zero-order valence-electron chi connectivity index (χ0n) is 16.6. The highest BCUT2D eigenvalue weighted by Crippen LogP contribution is 2.40. The van der Waals surface area contributed by atoms with E-state index in [-0.39, 0.29) is 17.7 Å². The number of carbonyl (C=O) groups excluding carboxylic acids is 1. The van der Waals surface area contributed by atoms with Crippen molar-refractivity contribution >= 4 is 16.8 Å². The summed E-state index contributed by atoms with van der Waals surface area (Å²) in [6.07, 6.45) is 2.38. The number of amides is 1. The Morgan fingerprint density at radius 3 is 2.79 bits per heavy atom. The van der Waals surface area contributed by atoms with Crippen molar-refractivity contribution in [2.75, 3.05) is 33.4 Å². The summed E-state index contributed by atoms with van der Waals surface area (Å²) in [5, 5.41) is 12.2. The van der Waals surface area contributed by atoms with Gasteiger partial charge in [-0.3, -0.25) is 4.79 Å². The van der Waals surface area contributed by atoms with E-state index in [0.717, 1.165) is 23.7 Å². The molecule has 150 valence electrons. The van der Waals surface area contributed by atoms with Gasteiger partial charge >= 0.3 is 0 Å². The molecule has 0 spiro atoms. The Morgan fingerprint density at radius 2 is 2.07 bits per heavy atom. The molecular weight excluding hydrogens is 356 g/mol. The number of rotatable bonds is 3. The Morgan fingerprint density at radius 1 is 1.32 bits per heavy atom. The lowest BCUT2D eigenvalue weighted by atomic mass is 9.70. The Kier molecular flexibility index (Phi) is 5.25. The smallest absolute Gasteiger partial charge is 0.254 e. The van der Waals surface area contributed by atoms with Crippen molar-refractivity contribution in [1.82, 2.24) is 9.88 Å². The zero-order valence-corrected chi connectivity index (χ0v) is 16.6. The molecule has 2 aromatic rings. The number of hydrogen-bond donors (Lipinski definition) is 1. The summed E-state index contributed by atoms with van der Waals surface area (Å²) in [6, 6.07) is 9.34. The molecule has 28 heavy (non-hydrogen) atoms. The van der Waals surface area contributed by atoms with Gasteiger partial charge in [0, 0.05) is 43.7 Å². The summed E-state index contributed by atoms with van der Waals surface area (Å²) >= 11 is 0. The first-order chi connectivity index (χ1) is 13.5. The van der Waals surface area contributed by atoms with E-state index in [1.54, 1.807) is 13.2 Å². The number of likely N-dealkylation sites (tertiary alicyclic amines) is 1. The fourth-order valence-electron chi connectivity index (χ4n) is 4.73. The number of aromatic nitrogens is 1. The van der Waals surface area contributed by atoms with Crippen molar-refractivity contribution in [3.8, 4) is 5.88 Å². The van der Waals surface area contributed by atoms with E-state index < -0.39 is 5.60 Å². The fourth-order valence-corrected chi connectivity index (χ4v) is 4.73. The van der Waals surface area contributed by atoms with Gasteiger partial charge < -0.3 is 19.5 Å². The van der Waals surface area contributed by atoms with Crippen LogP contribution < -0.4 is 4.74 Å². The molecule has 1 aromatic carbocycles. The molecule has 0 radical (unpaired) electrons. The Balaban J connectivity index is 1.58. The quantitative estimate of drug-likeness (QED) is 0.881. The van der Waals surface area contributed by atoms with Gasteiger partial charge in [-0.2, -0.15) is 0 Å². The second-order valence-electron chi connectivity index (χ2n) is 8.01. The number of nitrogens with zero attached hydrogens (tertiary/aromatic N) is 2. The van der Waals surface area contributed by atoms with Gasteiger partial charge in [-0.1, -0.05) is 25.1 Å². The van der Waals surface area contributed by atoms with E-state index in [2.05, 4.69) is 11.9 Å². The molecule has 2 aliphatic rings. The Hall–Kier alpha value is -2.18. The van der Waals surface area contributed by atoms with Crippen LogP contribution in [0.4, 0.5) is 0 Å². The zero-order chi connectivity index (χ0) is 19.7. The van der Waals surface area contributed by atoms with Crippen LogP contribution in [-0.4, -0.2) is 59.9 Å². The van der Waals surface area contributed by atoms with Gasteiger partial charge in [0.15, 0.2) is 0 Å². The van der Waals surface area contributed by atoms with Crippen LogP contribution in [0.2, 0.25) is 0 Å². The fraction of sp³-hybridized carbons (Fsp3) is 0.545. The lowest BCUT2D eigenvalue weighted by molar-refractivity contribution is -0.125. The first-order valence-corrected chi connectivity index (χ1v) is 10.1. The number of ether oxygens (including phenoxy) is 2. The number of methoxy groups -OCH3 is 1. The third-order valence-corrected chi connectivity index (χ3v) is 6.48. The molecular formula is C22H28N2O4. The van der Waals surface area contributed by atoms with Crippen molar-refractivity contribution in [3.63, 3.8) is 0 Å². The summed E-state index contributed by atoms with van der Waals surface area (Å²) in [5.41, 5.74) is 0.624. The highest BCUT2D eigenvalue weighted by molar-refractivity contribution is 6.06. The highest BCUT2D eigenvalue weighted by Gasteiger charge is 2.46. The maximum atomic E-state index is 13.4. The molecule has 0 aliphatic carbocycles. The first kappa shape index (κ1) is 19.2. The number of pyridine rings is 1. The number of benzene rings is 1. The number of hydrogen-bond acceptors (Lipinski definition) is 5. The van der Waals surface area contributed by atoms with Crippen molar-refractivity contribution in [2.24, 2.45) is 11.8 Å². The van der Waals surface area contributed by atoms with Crippen molar-refractivity contribution in [1.29, 1.82) is 0 Å². The number of fused-ring (bicyclic) bond motifs is 1. The summed E-state index contributed by atoms with van der Waals surface area (Å²) in [4.78, 5) is 19.7. The minimum absolute atomic E-state index is 0.0169. The van der Waals surface area contributed by atoms with Crippen LogP contribution in [0.3, 0.4) is 0 Å². The largest absolute Gasteiger partial charge is 0.481 e. The monoisotopic (exact) mass is 384 g/mol. The van der Waals surface area contributed by atoms with E-state index in [0.29, 0.717) is 44.2 Å². The van der Waals surface area contributed by atoms with Gasteiger partial charge in [-0.05, 0) is 31.2 Å². The van der Waals surface area contributed by atoms with Crippen molar-refractivity contribution in [3.05, 3.63) is 35.9 Å². The minimum Gasteiger partial charge on any atom is -0.481 e. The third kappa shape index (κ3) is 3.35. The molecule has 4 rings (SSSR count). The normalized spacial score (nSPS) is 26.4. The van der Waals surface area contributed by atoms with Crippen molar-refractivity contribution in [2.45, 2.75) is 31.8 Å². The molecule has 2 aliphatic heterocycles. The Labute approximate surface area is 165 Å². The molecule has 1 aromatic heterocycles. The highest BCUT2D eigenvalue weighted by atomic mass is 16.5. The van der Waals surface area contributed by atoms with E-state index in [1.165, 1.54) is 0 Å². The molecule has 0 saturated carbocycles. The number of piperidine rings is 1. The molecule has 6 heteroatoms. The molecule has 0 unspecified atom stereocenters. The van der Waals surface area contributed by atoms with Crippen molar-refractivity contribution < 1.29 is 19.4 Å². The van der Waals surface area contributed by atoms with Gasteiger partial charge in [0.1, 0.15) is 0 Å². The standard InChI is InChI=1S/C22H28N2O4/c1-15-14-24(10-9-22(15,26)16-7-11-28-12-8-16)21(25)18-13-20(27-2)23-19-6-4-3-5-17(18)19/h3-6,13,15-16,26H,7-12,14H2,1-2H3/t15-,22+/m1/s1. The molecule has 2 fully saturated rings. The van der Waals surface area contributed by atoms with Crippen LogP contribution in [0.5, 0.6) is 5.88 Å². The number of para-hydroxylation sites is 1. The predicted molar refractivity (Wildman–Crippen MR) is 106 cm³/mol. The van der Waals surface area contributed by atoms with Crippen LogP contribution in [0, 0.1) is 11.8 Å². The number of aliphatic hydroxyl groups is 1. The molecule has 1 amide bonds. The lowest BCUT2D eigenvalue weighted by Crippen LogP contribution is -2.56. The Bertz CT molecular complexity index is 865. The first-order valence-electron chi connectivity index (χ1n) is 10.1. The maximum Gasteiger partial charge on any atom is 0.254 e. The van der Waals surface area contributed by atoms with Crippen LogP contribution in [0.1, 0.15) is 36.5 Å².